The quantitative estimate of drug-likeness (QED) is 0.866. The second kappa shape index (κ2) is 6.37. The molecule has 1 aromatic rings. The maximum absolute atomic E-state index is 12.1. The van der Waals surface area contributed by atoms with Gasteiger partial charge in [0.1, 0.15) is 0 Å². The van der Waals surface area contributed by atoms with Gasteiger partial charge in [-0.05, 0) is 38.5 Å². The van der Waals surface area contributed by atoms with Crippen molar-refractivity contribution in [2.24, 2.45) is 0 Å². The molecule has 0 unspecified atom stereocenters. The van der Waals surface area contributed by atoms with Crippen molar-refractivity contribution in [3.05, 3.63) is 23.8 Å². The highest BCUT2D eigenvalue weighted by Crippen LogP contribution is 2.32. The maximum Gasteiger partial charge on any atom is 0.235 e. The fourth-order valence-electron chi connectivity index (χ4n) is 2.29. The Morgan fingerprint density at radius 2 is 1.91 bits per heavy atom. The van der Waals surface area contributed by atoms with Crippen molar-refractivity contribution in [2.45, 2.75) is 32.9 Å². The van der Waals surface area contributed by atoms with Crippen LogP contribution >= 0.6 is 0 Å². The van der Waals surface area contributed by atoms with E-state index in [-0.39, 0.29) is 25.8 Å². The van der Waals surface area contributed by atoms with Gasteiger partial charge in [0.25, 0.3) is 0 Å². The number of fused-ring (bicyclic) bond motifs is 1. The Morgan fingerprint density at radius 3 is 2.52 bits per heavy atom. The van der Waals surface area contributed by atoms with Gasteiger partial charge in [-0.1, -0.05) is 6.07 Å². The first kappa shape index (κ1) is 17.6. The molecule has 0 bridgehead atoms. The van der Waals surface area contributed by atoms with Gasteiger partial charge in [0.2, 0.25) is 22.7 Å². The monoisotopic (exact) mass is 342 g/mol. The van der Waals surface area contributed by atoms with E-state index in [0.29, 0.717) is 11.5 Å². The molecule has 0 fully saturated rings. The van der Waals surface area contributed by atoms with E-state index in [1.165, 1.54) is 4.31 Å². The minimum absolute atomic E-state index is 0.194. The minimum Gasteiger partial charge on any atom is -0.454 e. The largest absolute Gasteiger partial charge is 0.454 e. The molecule has 0 spiro atoms. The lowest BCUT2D eigenvalue weighted by Gasteiger charge is -2.32. The van der Waals surface area contributed by atoms with Crippen molar-refractivity contribution >= 4 is 15.9 Å². The summed E-state index contributed by atoms with van der Waals surface area (Å²) in [5, 5.41) is 2.72. The predicted molar refractivity (Wildman–Crippen MR) is 85.7 cm³/mol. The van der Waals surface area contributed by atoms with Crippen LogP contribution in [0.25, 0.3) is 0 Å². The van der Waals surface area contributed by atoms with Crippen LogP contribution in [0.15, 0.2) is 18.2 Å². The molecule has 1 heterocycles. The van der Waals surface area contributed by atoms with E-state index in [2.05, 4.69) is 5.32 Å². The Labute approximate surface area is 136 Å². The lowest BCUT2D eigenvalue weighted by atomic mass is 10.1. The van der Waals surface area contributed by atoms with Crippen LogP contribution in [0.3, 0.4) is 0 Å². The molecule has 1 aliphatic rings. The van der Waals surface area contributed by atoms with Crippen molar-refractivity contribution in [3.8, 4) is 11.5 Å². The maximum atomic E-state index is 12.1. The first-order valence-corrected chi connectivity index (χ1v) is 9.05. The molecule has 0 aromatic heterocycles. The predicted octanol–water partition coefficient (Wildman–Crippen LogP) is 1.09. The zero-order valence-electron chi connectivity index (χ0n) is 13.8. The number of nitrogens with one attached hydrogen (secondary N) is 1. The van der Waals surface area contributed by atoms with E-state index in [1.807, 2.05) is 6.07 Å². The number of carbonyl (C=O) groups excluding carboxylic acids is 1. The van der Waals surface area contributed by atoms with Gasteiger partial charge in [-0.15, -0.1) is 0 Å². The third-order valence-electron chi connectivity index (χ3n) is 3.36. The van der Waals surface area contributed by atoms with Crippen molar-refractivity contribution in [1.82, 2.24) is 9.62 Å². The molecule has 2 rings (SSSR count). The number of sulfonamides is 1. The van der Waals surface area contributed by atoms with E-state index in [4.69, 9.17) is 9.47 Å². The molecule has 128 valence electrons. The van der Waals surface area contributed by atoms with Crippen molar-refractivity contribution < 1.29 is 22.7 Å². The van der Waals surface area contributed by atoms with Crippen molar-refractivity contribution in [3.63, 3.8) is 0 Å². The van der Waals surface area contributed by atoms with Crippen LogP contribution in [0.1, 0.15) is 26.3 Å². The third-order valence-corrected chi connectivity index (χ3v) is 4.84. The Bertz CT molecular complexity index is 694. The molecule has 1 aliphatic heterocycles. The van der Waals surface area contributed by atoms with Crippen LogP contribution in [0.4, 0.5) is 0 Å². The summed E-state index contributed by atoms with van der Waals surface area (Å²) in [7, 11) is -3.47. The van der Waals surface area contributed by atoms with E-state index in [1.54, 1.807) is 32.9 Å². The lowest BCUT2D eigenvalue weighted by Crippen LogP contribution is -2.49. The average Bonchev–Trinajstić information content (AvgIpc) is 2.87. The molecule has 8 heteroatoms. The zero-order valence-corrected chi connectivity index (χ0v) is 14.6. The Morgan fingerprint density at radius 1 is 1.26 bits per heavy atom. The zero-order chi connectivity index (χ0) is 17.3. The van der Waals surface area contributed by atoms with Gasteiger partial charge in [0.15, 0.2) is 11.5 Å². The molecule has 1 N–H and O–H groups in total. The highest BCUT2D eigenvalue weighted by atomic mass is 32.2. The molecule has 1 amide bonds. The SMILES string of the molecule is CC(C)(C)N(CC(=O)NCc1ccc2c(c1)OCO2)S(C)(=O)=O. The first-order valence-electron chi connectivity index (χ1n) is 7.20. The van der Waals surface area contributed by atoms with Gasteiger partial charge in [-0.2, -0.15) is 4.31 Å². The summed E-state index contributed by atoms with van der Waals surface area (Å²) in [6.45, 7) is 5.52. The molecule has 0 atom stereocenters. The smallest absolute Gasteiger partial charge is 0.235 e. The van der Waals surface area contributed by atoms with Gasteiger partial charge in [-0.25, -0.2) is 8.42 Å². The van der Waals surface area contributed by atoms with E-state index in [9.17, 15) is 13.2 Å². The number of nitrogens with zero attached hydrogens (tertiary/aromatic N) is 1. The van der Waals surface area contributed by atoms with Crippen molar-refractivity contribution in [1.29, 1.82) is 0 Å². The second-order valence-corrected chi connectivity index (χ2v) is 8.31. The molecule has 1 aromatic carbocycles. The third kappa shape index (κ3) is 4.59. The number of hydrogen-bond acceptors (Lipinski definition) is 5. The second-order valence-electron chi connectivity index (χ2n) is 6.40. The van der Waals surface area contributed by atoms with Crippen LogP contribution in [0.2, 0.25) is 0 Å². The summed E-state index contributed by atoms with van der Waals surface area (Å²) in [6.07, 6.45) is 1.10. The Balaban J connectivity index is 1.97. The molecular formula is C15H22N2O5S. The molecule has 0 saturated carbocycles. The van der Waals surface area contributed by atoms with E-state index < -0.39 is 15.6 Å². The van der Waals surface area contributed by atoms with Crippen molar-refractivity contribution in [2.75, 3.05) is 19.6 Å². The molecular weight excluding hydrogens is 320 g/mol. The lowest BCUT2D eigenvalue weighted by molar-refractivity contribution is -0.122. The molecule has 7 nitrogen and oxygen atoms in total. The number of hydrogen-bond donors (Lipinski definition) is 1. The van der Waals surface area contributed by atoms with E-state index in [0.717, 1.165) is 11.8 Å². The van der Waals surface area contributed by atoms with Crippen LogP contribution in [0, 0.1) is 0 Å². The molecule has 23 heavy (non-hydrogen) atoms. The Hall–Kier alpha value is -1.80. The normalized spacial score (nSPS) is 14.1. The number of amides is 1. The van der Waals surface area contributed by atoms with E-state index >= 15 is 0 Å². The fraction of sp³-hybridized carbons (Fsp3) is 0.533. The van der Waals surface area contributed by atoms with Crippen LogP contribution in [0.5, 0.6) is 11.5 Å². The minimum atomic E-state index is -3.47. The number of benzene rings is 1. The van der Waals surface area contributed by atoms with Gasteiger partial charge < -0.3 is 14.8 Å². The highest BCUT2D eigenvalue weighted by molar-refractivity contribution is 7.88. The number of rotatable bonds is 5. The standard InChI is InChI=1S/C15H22N2O5S/c1-15(2,3)17(23(4,19)20)9-14(18)16-8-11-5-6-12-13(7-11)22-10-21-12/h5-7H,8-10H2,1-4H3,(H,16,18). The molecule has 0 aliphatic carbocycles. The summed E-state index contributed by atoms with van der Waals surface area (Å²) in [4.78, 5) is 12.1. The summed E-state index contributed by atoms with van der Waals surface area (Å²) >= 11 is 0. The summed E-state index contributed by atoms with van der Waals surface area (Å²) < 4.78 is 35.3. The van der Waals surface area contributed by atoms with Crippen LogP contribution in [-0.2, 0) is 21.4 Å². The van der Waals surface area contributed by atoms with Gasteiger partial charge in [0.05, 0.1) is 12.8 Å². The Kier molecular flexibility index (Phi) is 4.86. The van der Waals surface area contributed by atoms with Gasteiger partial charge >= 0.3 is 0 Å². The summed E-state index contributed by atoms with van der Waals surface area (Å²) in [6, 6.07) is 5.40. The molecule has 0 saturated heterocycles. The van der Waals surface area contributed by atoms with Crippen LogP contribution < -0.4 is 14.8 Å². The number of carbonyl (C=O) groups is 1. The fourth-order valence-corrected chi connectivity index (χ4v) is 3.64. The van der Waals surface area contributed by atoms with Gasteiger partial charge in [-0.3, -0.25) is 4.79 Å². The first-order chi connectivity index (χ1) is 10.6. The van der Waals surface area contributed by atoms with Gasteiger partial charge in [0, 0.05) is 12.1 Å². The number of ether oxygens (including phenoxy) is 2. The summed E-state index contributed by atoms with van der Waals surface area (Å²) in [5.41, 5.74) is 0.188. The highest BCUT2D eigenvalue weighted by Gasteiger charge is 2.31. The molecule has 0 radical (unpaired) electrons. The average molecular weight is 342 g/mol. The topological polar surface area (TPSA) is 84.9 Å². The van der Waals surface area contributed by atoms with Crippen LogP contribution in [-0.4, -0.2) is 43.8 Å². The summed E-state index contributed by atoms with van der Waals surface area (Å²) in [5.74, 6) is 0.961.